The lowest BCUT2D eigenvalue weighted by molar-refractivity contribution is -0.149. The van der Waals surface area contributed by atoms with E-state index in [1.54, 1.807) is 51.4 Å². The quantitative estimate of drug-likeness (QED) is 0.246. The van der Waals surface area contributed by atoms with Gasteiger partial charge < -0.3 is 24.9 Å². The fraction of sp³-hybridized carbons (Fsp3) is 0.375. The van der Waals surface area contributed by atoms with Gasteiger partial charge in [0.2, 0.25) is 0 Å². The Balaban J connectivity index is 1.43. The molecule has 1 aliphatic carbocycles. The molecule has 4 atom stereocenters. The van der Waals surface area contributed by atoms with Crippen molar-refractivity contribution in [2.24, 2.45) is 16.6 Å². The number of nitrogens with zero attached hydrogens (tertiary/aromatic N) is 3. The summed E-state index contributed by atoms with van der Waals surface area (Å²) in [6, 6.07) is 7.64. The lowest BCUT2D eigenvalue weighted by Crippen LogP contribution is -2.38. The maximum atomic E-state index is 13.7. The number of benzene rings is 1. The molecule has 192 valence electrons. The SMILES string of the molecule is C=C1NC(N)=Nc2c1ncn2[C@H]1C[C@@H](COP(=O)(NC(C)C(=O)OC(C)C)Oc2ccccc2)C1=C. The summed E-state index contributed by atoms with van der Waals surface area (Å²) in [5, 5.41) is 5.56. The Hall–Kier alpha value is -3.40. The highest BCUT2D eigenvalue weighted by Gasteiger charge is 2.40. The maximum absolute atomic E-state index is 13.7. The number of fused-ring (bicyclic) bond motifs is 1. The van der Waals surface area contributed by atoms with Crippen LogP contribution in [0.25, 0.3) is 5.70 Å². The van der Waals surface area contributed by atoms with Crippen LogP contribution in [0.4, 0.5) is 5.82 Å². The van der Waals surface area contributed by atoms with Crippen LogP contribution in [0.3, 0.4) is 0 Å². The normalized spacial score (nSPS) is 21.5. The zero-order chi connectivity index (χ0) is 26.0. The molecule has 1 aromatic carbocycles. The first-order valence-corrected chi connectivity index (χ1v) is 13.1. The van der Waals surface area contributed by atoms with Gasteiger partial charge in [-0.25, -0.2) is 9.55 Å². The van der Waals surface area contributed by atoms with E-state index in [9.17, 15) is 9.36 Å². The summed E-state index contributed by atoms with van der Waals surface area (Å²) >= 11 is 0. The number of carbonyl (C=O) groups is 1. The molecule has 2 heterocycles. The highest BCUT2D eigenvalue weighted by molar-refractivity contribution is 7.52. The highest BCUT2D eigenvalue weighted by Crippen LogP contribution is 2.50. The van der Waals surface area contributed by atoms with Gasteiger partial charge in [-0.15, -0.1) is 0 Å². The largest absolute Gasteiger partial charge is 0.462 e. The molecule has 0 bridgehead atoms. The molecule has 2 aliphatic rings. The molecule has 1 fully saturated rings. The van der Waals surface area contributed by atoms with Gasteiger partial charge in [0.1, 0.15) is 17.5 Å². The molecule has 0 amide bonds. The van der Waals surface area contributed by atoms with Gasteiger partial charge >= 0.3 is 13.7 Å². The predicted octanol–water partition coefficient (Wildman–Crippen LogP) is 3.65. The van der Waals surface area contributed by atoms with Crippen molar-refractivity contribution in [1.29, 1.82) is 0 Å². The van der Waals surface area contributed by atoms with Gasteiger partial charge in [-0.05, 0) is 44.9 Å². The summed E-state index contributed by atoms with van der Waals surface area (Å²) in [5.41, 5.74) is 7.92. The Morgan fingerprint density at radius 3 is 2.69 bits per heavy atom. The Morgan fingerprint density at radius 1 is 1.31 bits per heavy atom. The first kappa shape index (κ1) is 25.7. The molecule has 36 heavy (non-hydrogen) atoms. The van der Waals surface area contributed by atoms with Crippen LogP contribution in [-0.2, 0) is 18.6 Å². The van der Waals surface area contributed by atoms with Crippen LogP contribution in [0.15, 0.2) is 60.4 Å². The number of nitrogens with one attached hydrogen (secondary N) is 2. The molecular weight excluding hydrogens is 483 g/mol. The molecule has 2 unspecified atom stereocenters. The number of rotatable bonds is 10. The van der Waals surface area contributed by atoms with Crippen molar-refractivity contribution in [3.05, 3.63) is 61.1 Å². The molecule has 4 N–H and O–H groups in total. The number of aromatic nitrogens is 2. The predicted molar refractivity (Wildman–Crippen MR) is 136 cm³/mol. The zero-order valence-corrected chi connectivity index (χ0v) is 21.4. The van der Waals surface area contributed by atoms with Crippen molar-refractivity contribution in [3.8, 4) is 5.75 Å². The van der Waals surface area contributed by atoms with Gasteiger partial charge in [0.25, 0.3) is 0 Å². The molecule has 2 aromatic rings. The third kappa shape index (κ3) is 5.53. The topological polar surface area (TPSA) is 142 Å². The number of guanidine groups is 1. The number of hydrogen-bond acceptors (Lipinski definition) is 9. The Labute approximate surface area is 210 Å². The molecule has 0 spiro atoms. The second-order valence-corrected chi connectivity index (χ2v) is 10.7. The Morgan fingerprint density at radius 2 is 2.03 bits per heavy atom. The fourth-order valence-corrected chi connectivity index (χ4v) is 5.47. The molecular formula is C24H31N6O5P. The lowest BCUT2D eigenvalue weighted by atomic mass is 9.76. The number of esters is 1. The van der Waals surface area contributed by atoms with E-state index in [0.717, 1.165) is 5.57 Å². The molecule has 1 aromatic heterocycles. The average Bonchev–Trinajstić information content (AvgIpc) is 3.21. The fourth-order valence-electron chi connectivity index (χ4n) is 3.94. The Bertz CT molecular complexity index is 1240. The number of ether oxygens (including phenoxy) is 1. The summed E-state index contributed by atoms with van der Waals surface area (Å²) < 4.78 is 32.3. The van der Waals surface area contributed by atoms with Crippen molar-refractivity contribution in [3.63, 3.8) is 0 Å². The van der Waals surface area contributed by atoms with E-state index < -0.39 is 19.8 Å². The van der Waals surface area contributed by atoms with Crippen LogP contribution in [-0.4, -0.2) is 40.2 Å². The van der Waals surface area contributed by atoms with E-state index in [-0.39, 0.29) is 30.6 Å². The summed E-state index contributed by atoms with van der Waals surface area (Å²) in [4.78, 5) is 21.0. The van der Waals surface area contributed by atoms with Gasteiger partial charge in [-0.2, -0.15) is 10.1 Å². The van der Waals surface area contributed by atoms with Crippen LogP contribution in [0.5, 0.6) is 5.75 Å². The highest BCUT2D eigenvalue weighted by atomic mass is 31.2. The molecule has 4 rings (SSSR count). The Kier molecular flexibility index (Phi) is 7.35. The zero-order valence-electron chi connectivity index (χ0n) is 20.5. The number of aliphatic imine (C=N–C) groups is 1. The number of carbonyl (C=O) groups excluding carboxylic acids is 1. The first-order valence-electron chi connectivity index (χ1n) is 11.6. The van der Waals surface area contributed by atoms with Crippen LogP contribution >= 0.6 is 7.75 Å². The number of nitrogens with two attached hydrogens (primary N) is 1. The number of hydrogen-bond donors (Lipinski definition) is 3. The number of imidazole rings is 1. The minimum absolute atomic E-state index is 0.0698. The molecule has 12 heteroatoms. The van der Waals surface area contributed by atoms with E-state index in [0.29, 0.717) is 29.4 Å². The van der Waals surface area contributed by atoms with Gasteiger partial charge in [-0.3, -0.25) is 9.32 Å². The van der Waals surface area contributed by atoms with Gasteiger partial charge in [-0.1, -0.05) is 31.4 Å². The maximum Gasteiger partial charge on any atom is 0.459 e. The van der Waals surface area contributed by atoms with Crippen molar-refractivity contribution in [2.45, 2.75) is 45.4 Å². The van der Waals surface area contributed by atoms with E-state index in [1.165, 1.54) is 0 Å². The van der Waals surface area contributed by atoms with E-state index >= 15 is 0 Å². The summed E-state index contributed by atoms with van der Waals surface area (Å²) in [5.74, 6) is 0.553. The smallest absolute Gasteiger partial charge is 0.459 e. The third-order valence-electron chi connectivity index (χ3n) is 5.83. The second-order valence-electron chi connectivity index (χ2n) is 8.98. The van der Waals surface area contributed by atoms with Crippen molar-refractivity contribution < 1.29 is 23.1 Å². The minimum Gasteiger partial charge on any atom is -0.462 e. The van der Waals surface area contributed by atoms with Crippen LogP contribution < -0.4 is 20.7 Å². The molecule has 1 saturated carbocycles. The van der Waals surface area contributed by atoms with Crippen molar-refractivity contribution in [2.75, 3.05) is 6.61 Å². The minimum atomic E-state index is -3.94. The van der Waals surface area contributed by atoms with Gasteiger partial charge in [0, 0.05) is 5.92 Å². The van der Waals surface area contributed by atoms with Gasteiger partial charge in [0.05, 0.1) is 30.8 Å². The average molecular weight is 515 g/mol. The first-order chi connectivity index (χ1) is 17.1. The third-order valence-corrected chi connectivity index (χ3v) is 7.47. The standard InChI is InChI=1S/C24H31N6O5P/c1-14(2)34-23(31)17(5)29-36(32,35-19-9-7-6-8-10-19)33-12-18-11-20(15(18)3)30-13-26-21-16(4)27-24(25)28-22(21)30/h6-10,13-14,17-18,20H,3-4,11-12H2,1-2,5H3,(H,29,32)(H3,25,27,28)/t17?,18-,20-,36?/m0/s1. The number of para-hydroxylation sites is 1. The second kappa shape index (κ2) is 10.3. The summed E-state index contributed by atoms with van der Waals surface area (Å²) in [6.07, 6.45) is 2.03. The molecule has 0 radical (unpaired) electrons. The monoisotopic (exact) mass is 514 g/mol. The molecule has 1 aliphatic heterocycles. The van der Waals surface area contributed by atoms with Crippen molar-refractivity contribution in [1.82, 2.24) is 20.0 Å². The van der Waals surface area contributed by atoms with Gasteiger partial charge in [0.15, 0.2) is 11.8 Å². The van der Waals surface area contributed by atoms with Crippen LogP contribution in [0, 0.1) is 5.92 Å². The molecule has 11 nitrogen and oxygen atoms in total. The summed E-state index contributed by atoms with van der Waals surface area (Å²) in [6.45, 7) is 13.2. The summed E-state index contributed by atoms with van der Waals surface area (Å²) in [7, 11) is -3.94. The van der Waals surface area contributed by atoms with Crippen LogP contribution in [0.2, 0.25) is 0 Å². The van der Waals surface area contributed by atoms with Crippen LogP contribution in [0.1, 0.15) is 38.9 Å². The van der Waals surface area contributed by atoms with E-state index in [4.69, 9.17) is 19.5 Å². The lowest BCUT2D eigenvalue weighted by Gasteiger charge is -2.40. The van der Waals surface area contributed by atoms with E-state index in [1.807, 2.05) is 10.6 Å². The van der Waals surface area contributed by atoms with Crippen molar-refractivity contribution >= 4 is 31.2 Å². The van der Waals surface area contributed by atoms with E-state index in [2.05, 4.69) is 33.5 Å². The molecule has 0 saturated heterocycles.